The second-order valence-corrected chi connectivity index (χ2v) is 12.2. The van der Waals surface area contributed by atoms with Gasteiger partial charge in [-0.25, -0.2) is 13.6 Å². The van der Waals surface area contributed by atoms with Crippen LogP contribution in [0.25, 0.3) is 0 Å². The molecular formula is C25H40F2N4O6. The van der Waals surface area contributed by atoms with Crippen LogP contribution in [0.1, 0.15) is 80.1 Å². The number of likely N-dealkylation sites (tertiary alicyclic amines) is 1. The van der Waals surface area contributed by atoms with Crippen LogP contribution in [0, 0.1) is 10.8 Å². The highest BCUT2D eigenvalue weighted by Crippen LogP contribution is 2.34. The molecule has 12 heteroatoms. The van der Waals surface area contributed by atoms with E-state index in [0.717, 1.165) is 12.8 Å². The Hall–Kier alpha value is -2.79. The van der Waals surface area contributed by atoms with E-state index in [4.69, 9.17) is 0 Å². The number of piperidine rings is 1. The Morgan fingerprint density at radius 2 is 1.62 bits per heavy atom. The Morgan fingerprint density at radius 1 is 1.03 bits per heavy atom. The molecule has 0 bridgehead atoms. The summed E-state index contributed by atoms with van der Waals surface area (Å²) in [7, 11) is 0. The van der Waals surface area contributed by atoms with Gasteiger partial charge in [0.15, 0.2) is 0 Å². The van der Waals surface area contributed by atoms with E-state index in [0.29, 0.717) is 13.3 Å². The summed E-state index contributed by atoms with van der Waals surface area (Å²) < 4.78 is 27.2. The van der Waals surface area contributed by atoms with Crippen molar-refractivity contribution in [3.8, 4) is 0 Å². The zero-order valence-corrected chi connectivity index (χ0v) is 22.5. The number of rotatable bonds is 10. The topological polar surface area (TPSA) is 145 Å². The Labute approximate surface area is 216 Å². The molecule has 4 amide bonds. The normalized spacial score (nSPS) is 21.4. The van der Waals surface area contributed by atoms with E-state index in [-0.39, 0.29) is 24.4 Å². The first-order chi connectivity index (χ1) is 16.8. The van der Waals surface area contributed by atoms with E-state index >= 15 is 0 Å². The molecule has 1 heterocycles. The van der Waals surface area contributed by atoms with Gasteiger partial charge in [-0.1, -0.05) is 34.6 Å². The van der Waals surface area contributed by atoms with Gasteiger partial charge in [-0.05, 0) is 49.9 Å². The molecule has 210 valence electrons. The average molecular weight is 531 g/mol. The highest BCUT2D eigenvalue weighted by molar-refractivity contribution is 6.38. The van der Waals surface area contributed by atoms with Crippen LogP contribution < -0.4 is 16.0 Å². The Kier molecular flexibility index (Phi) is 9.30. The van der Waals surface area contributed by atoms with Crippen molar-refractivity contribution in [3.63, 3.8) is 0 Å². The average Bonchev–Trinajstić information content (AvgIpc) is 3.55. The van der Waals surface area contributed by atoms with Gasteiger partial charge in [-0.15, -0.1) is 0 Å². The van der Waals surface area contributed by atoms with Gasteiger partial charge in [0.1, 0.15) is 12.1 Å². The molecule has 0 aromatic rings. The summed E-state index contributed by atoms with van der Waals surface area (Å²) >= 11 is 0. The fraction of sp³-hybridized carbons (Fsp3) is 0.800. The van der Waals surface area contributed by atoms with E-state index in [1.807, 2.05) is 13.8 Å². The molecule has 37 heavy (non-hydrogen) atoms. The van der Waals surface area contributed by atoms with E-state index in [1.165, 1.54) is 4.90 Å². The Bertz CT molecular complexity index is 908. The van der Waals surface area contributed by atoms with Crippen LogP contribution in [0.3, 0.4) is 0 Å². The van der Waals surface area contributed by atoms with Gasteiger partial charge in [0.05, 0.1) is 6.04 Å². The molecule has 3 unspecified atom stereocenters. The Balaban J connectivity index is 2.30. The van der Waals surface area contributed by atoms with Crippen molar-refractivity contribution in [3.05, 3.63) is 0 Å². The third kappa shape index (κ3) is 9.23. The number of amides is 4. The largest absolute Gasteiger partial charge is 0.465 e. The predicted molar refractivity (Wildman–Crippen MR) is 131 cm³/mol. The molecule has 1 aliphatic carbocycles. The van der Waals surface area contributed by atoms with Gasteiger partial charge in [0.25, 0.3) is 5.91 Å². The summed E-state index contributed by atoms with van der Waals surface area (Å²) in [4.78, 5) is 64.8. The maximum atomic E-state index is 13.6. The van der Waals surface area contributed by atoms with Crippen molar-refractivity contribution in [2.24, 2.45) is 10.8 Å². The van der Waals surface area contributed by atoms with Crippen LogP contribution in [0.15, 0.2) is 0 Å². The van der Waals surface area contributed by atoms with Crippen molar-refractivity contribution in [1.82, 2.24) is 20.9 Å². The van der Waals surface area contributed by atoms with Gasteiger partial charge >= 0.3 is 6.09 Å². The molecule has 1 aliphatic heterocycles. The summed E-state index contributed by atoms with van der Waals surface area (Å²) in [5.41, 5.74) is -1.19. The third-order valence-electron chi connectivity index (χ3n) is 6.68. The minimum Gasteiger partial charge on any atom is -0.465 e. The molecule has 2 rings (SSSR count). The molecule has 3 atom stereocenters. The van der Waals surface area contributed by atoms with Crippen LogP contribution in [-0.4, -0.2) is 76.2 Å². The number of halogens is 2. The molecule has 2 aliphatic rings. The summed E-state index contributed by atoms with van der Waals surface area (Å²) in [6.07, 6.45) is -0.366. The molecule has 1 saturated heterocycles. The number of carbonyl (C=O) groups is 5. The van der Waals surface area contributed by atoms with Crippen LogP contribution in [0.5, 0.6) is 0 Å². The highest BCUT2D eigenvalue weighted by atomic mass is 19.3. The van der Waals surface area contributed by atoms with Crippen LogP contribution >= 0.6 is 0 Å². The smallest absolute Gasteiger partial charge is 0.405 e. The van der Waals surface area contributed by atoms with E-state index in [1.54, 1.807) is 20.8 Å². The molecule has 1 saturated carbocycles. The maximum absolute atomic E-state index is 13.6. The lowest BCUT2D eigenvalue weighted by Gasteiger charge is -2.45. The number of carboxylic acid groups (broad SMARTS) is 1. The monoisotopic (exact) mass is 530 g/mol. The van der Waals surface area contributed by atoms with Crippen molar-refractivity contribution in [2.75, 3.05) is 6.54 Å². The van der Waals surface area contributed by atoms with E-state index in [9.17, 15) is 37.9 Å². The number of nitrogens with zero attached hydrogens (tertiary/aromatic N) is 1. The van der Waals surface area contributed by atoms with Crippen molar-refractivity contribution in [1.29, 1.82) is 0 Å². The van der Waals surface area contributed by atoms with Crippen molar-refractivity contribution in [2.45, 2.75) is 110 Å². The predicted octanol–water partition coefficient (Wildman–Crippen LogP) is 2.45. The number of hydrogen-bond donors (Lipinski definition) is 4. The van der Waals surface area contributed by atoms with Gasteiger partial charge in [0, 0.05) is 19.0 Å². The lowest BCUT2D eigenvalue weighted by Crippen LogP contribution is -2.63. The minimum atomic E-state index is -3.12. The summed E-state index contributed by atoms with van der Waals surface area (Å²) in [6.45, 7) is 9.72. The fourth-order valence-electron chi connectivity index (χ4n) is 4.35. The number of nitrogens with one attached hydrogen (secondary N) is 3. The zero-order valence-electron chi connectivity index (χ0n) is 22.5. The zero-order chi connectivity index (χ0) is 28.3. The van der Waals surface area contributed by atoms with Gasteiger partial charge in [0.2, 0.25) is 23.5 Å². The summed E-state index contributed by atoms with van der Waals surface area (Å²) in [5.74, 6) is -6.42. The third-order valence-corrected chi connectivity index (χ3v) is 6.68. The van der Waals surface area contributed by atoms with Crippen molar-refractivity contribution < 1.29 is 37.9 Å². The number of carbonyl (C=O) groups excluding carboxylic acids is 4. The minimum absolute atomic E-state index is 0.134. The molecule has 4 N–H and O–H groups in total. The first-order valence-corrected chi connectivity index (χ1v) is 12.6. The molecule has 2 fully saturated rings. The second kappa shape index (κ2) is 11.3. The van der Waals surface area contributed by atoms with E-state index in [2.05, 4.69) is 16.0 Å². The number of alkyl halides is 2. The first-order valence-electron chi connectivity index (χ1n) is 12.6. The summed E-state index contributed by atoms with van der Waals surface area (Å²) in [5, 5.41) is 16.5. The van der Waals surface area contributed by atoms with Crippen molar-refractivity contribution >= 4 is 29.6 Å². The molecule has 0 aromatic heterocycles. The quantitative estimate of drug-likeness (QED) is 0.319. The summed E-state index contributed by atoms with van der Waals surface area (Å²) in [6, 6.07) is -3.84. The van der Waals surface area contributed by atoms with Gasteiger partial charge < -0.3 is 26.0 Å². The first kappa shape index (κ1) is 30.4. The molecular weight excluding hydrogens is 490 g/mol. The molecule has 0 spiro atoms. The second-order valence-electron chi connectivity index (χ2n) is 12.2. The molecule has 0 radical (unpaired) electrons. The Morgan fingerprint density at radius 3 is 2.11 bits per heavy atom. The van der Waals surface area contributed by atoms with Gasteiger partial charge in [-0.3, -0.25) is 19.2 Å². The van der Waals surface area contributed by atoms with E-state index < -0.39 is 71.9 Å². The fourth-order valence-corrected chi connectivity index (χ4v) is 4.35. The lowest BCUT2D eigenvalue weighted by atomic mass is 9.79. The van der Waals surface area contributed by atoms with Gasteiger partial charge in [-0.2, -0.15) is 0 Å². The number of ketones is 1. The molecule has 0 aromatic carbocycles. The molecule has 10 nitrogen and oxygen atoms in total. The highest BCUT2D eigenvalue weighted by Gasteiger charge is 2.45. The number of Topliss-reactive ketones (excluding diaryl/α,β-unsaturated/α-hetero) is 1. The lowest BCUT2D eigenvalue weighted by molar-refractivity contribution is -0.150. The SMILES string of the molecule is CC(F)(F)CCC(NC(=O)C1CCC(C)(C)CN1C(=O)C(NC(=O)O)C(C)(C)C)C(=O)C(=O)NC1CC1. The van der Waals surface area contributed by atoms with Crippen LogP contribution in [0.2, 0.25) is 0 Å². The van der Waals surface area contributed by atoms with Crippen LogP contribution in [-0.2, 0) is 19.2 Å². The van der Waals surface area contributed by atoms with Crippen LogP contribution in [0.4, 0.5) is 13.6 Å². The maximum Gasteiger partial charge on any atom is 0.405 e. The number of hydrogen-bond acceptors (Lipinski definition) is 5. The standard InChI is InChI=1S/C25H40F2N4O6/c1-23(2,3)18(30-22(36)37)21(35)31-13-24(4,5)11-10-16(31)19(33)29-15(9-12-25(6,26)27)17(32)20(34)28-14-7-8-14/h14-16,18,30H,7-13H2,1-6H3,(H,28,34)(H,29,33)(H,36,37).